The molecule has 3 aliphatic rings. The Bertz CT molecular complexity index is 1150. The van der Waals surface area contributed by atoms with E-state index in [0.29, 0.717) is 6.04 Å². The Morgan fingerprint density at radius 3 is 2.65 bits per heavy atom. The molecular weight excluding hydrogens is 459 g/mol. The van der Waals surface area contributed by atoms with Crippen LogP contribution in [0, 0.1) is 0 Å². The van der Waals surface area contributed by atoms with Crippen LogP contribution in [0.5, 0.6) is 0 Å². The minimum Gasteiger partial charge on any atom is -0.302 e. The molecule has 0 bridgehead atoms. The number of rotatable bonds is 6. The van der Waals surface area contributed by atoms with Crippen molar-refractivity contribution in [2.24, 2.45) is 0 Å². The van der Waals surface area contributed by atoms with Crippen LogP contribution in [-0.2, 0) is 10.0 Å². The number of anilines is 1. The molecule has 1 fully saturated rings. The van der Waals surface area contributed by atoms with Gasteiger partial charge in [-0.1, -0.05) is 35.9 Å². The van der Waals surface area contributed by atoms with Gasteiger partial charge in [-0.25, -0.2) is 17.8 Å². The van der Waals surface area contributed by atoms with E-state index in [2.05, 4.69) is 38.1 Å². The lowest BCUT2D eigenvalue weighted by Crippen LogP contribution is -2.40. The summed E-state index contributed by atoms with van der Waals surface area (Å²) in [7, 11) is -4.10. The van der Waals surface area contributed by atoms with E-state index >= 15 is 0 Å². The number of fused-ring (bicyclic) bond motifs is 1. The second-order valence-electron chi connectivity index (χ2n) is 8.02. The third kappa shape index (κ3) is 4.05. The summed E-state index contributed by atoms with van der Waals surface area (Å²) in [6.07, 6.45) is 3.20. The number of benzene rings is 1. The molecule has 2 aromatic rings. The van der Waals surface area contributed by atoms with Crippen molar-refractivity contribution in [3.63, 3.8) is 0 Å². The van der Waals surface area contributed by atoms with E-state index < -0.39 is 26.8 Å². The van der Waals surface area contributed by atoms with Gasteiger partial charge in [0.25, 0.3) is 10.0 Å². The topological polar surface area (TPSA) is 74.3 Å². The zero-order valence-corrected chi connectivity index (χ0v) is 19.0. The maximum absolute atomic E-state index is 14.9. The van der Waals surface area contributed by atoms with Crippen LogP contribution in [0.3, 0.4) is 0 Å². The number of nitrogens with one attached hydrogen (secondary N) is 2. The molecule has 2 N–H and O–H groups in total. The van der Waals surface area contributed by atoms with Crippen molar-refractivity contribution in [1.29, 1.82) is 0 Å². The van der Waals surface area contributed by atoms with Gasteiger partial charge in [0.2, 0.25) is 0 Å². The molecule has 2 aliphatic carbocycles. The van der Waals surface area contributed by atoms with E-state index in [0.717, 1.165) is 19.5 Å². The first-order valence-corrected chi connectivity index (χ1v) is 13.0. The van der Waals surface area contributed by atoms with E-state index in [4.69, 9.17) is 11.6 Å². The number of thiazole rings is 1. The van der Waals surface area contributed by atoms with Gasteiger partial charge in [-0.3, -0.25) is 9.62 Å². The third-order valence-corrected chi connectivity index (χ3v) is 8.49. The number of likely N-dealkylation sites (tertiary alicyclic amines) is 1. The Morgan fingerprint density at radius 1 is 1.19 bits per heavy atom. The summed E-state index contributed by atoms with van der Waals surface area (Å²) < 4.78 is 42.4. The number of halogens is 2. The molecule has 1 aromatic carbocycles. The second-order valence-corrected chi connectivity index (χ2v) is 10.8. The minimum atomic E-state index is -4.10. The number of sulfonamides is 1. The summed E-state index contributed by atoms with van der Waals surface area (Å²) in [6.45, 7) is 2.20. The molecular formula is C21H22ClFN4O2S2. The van der Waals surface area contributed by atoms with Gasteiger partial charge in [0.15, 0.2) is 5.82 Å². The molecule has 0 saturated carbocycles. The van der Waals surface area contributed by atoms with Gasteiger partial charge < -0.3 is 5.32 Å². The van der Waals surface area contributed by atoms with Crippen molar-refractivity contribution >= 4 is 38.8 Å². The molecule has 0 spiro atoms. The normalized spacial score (nSPS) is 26.4. The van der Waals surface area contributed by atoms with Crippen LogP contribution in [0.15, 0.2) is 57.0 Å². The van der Waals surface area contributed by atoms with Crippen LogP contribution in [0.1, 0.15) is 42.5 Å². The molecule has 1 aromatic heterocycles. The first kappa shape index (κ1) is 21.1. The van der Waals surface area contributed by atoms with Gasteiger partial charge in [0, 0.05) is 35.0 Å². The first-order chi connectivity index (χ1) is 14.9. The predicted molar refractivity (Wildman–Crippen MR) is 121 cm³/mol. The lowest BCUT2D eigenvalue weighted by Gasteiger charge is -2.37. The van der Waals surface area contributed by atoms with Crippen molar-refractivity contribution in [2.75, 3.05) is 17.8 Å². The molecule has 3 atom stereocenters. The Balaban J connectivity index is 1.34. The number of nitrogens with zero attached hydrogens (tertiary/aromatic N) is 2. The van der Waals surface area contributed by atoms with Crippen molar-refractivity contribution in [3.8, 4) is 0 Å². The molecule has 31 heavy (non-hydrogen) atoms. The van der Waals surface area contributed by atoms with Crippen molar-refractivity contribution in [1.82, 2.24) is 15.2 Å². The van der Waals surface area contributed by atoms with Crippen LogP contribution in [0.25, 0.3) is 0 Å². The molecule has 5 rings (SSSR count). The van der Waals surface area contributed by atoms with Gasteiger partial charge >= 0.3 is 0 Å². The molecule has 1 unspecified atom stereocenters. The molecule has 10 heteroatoms. The highest BCUT2D eigenvalue weighted by atomic mass is 35.5. The summed E-state index contributed by atoms with van der Waals surface area (Å²) in [4.78, 5) is 5.92. The average molecular weight is 481 g/mol. The first-order valence-electron chi connectivity index (χ1n) is 10.2. The zero-order valence-electron chi connectivity index (χ0n) is 16.6. The maximum Gasteiger partial charge on any atom is 0.265 e. The zero-order chi connectivity index (χ0) is 21.6. The smallest absolute Gasteiger partial charge is 0.265 e. The van der Waals surface area contributed by atoms with Crippen molar-refractivity contribution in [2.45, 2.75) is 37.4 Å². The highest BCUT2D eigenvalue weighted by Crippen LogP contribution is 2.45. The number of hydrogen-bond donors (Lipinski definition) is 2. The number of aromatic nitrogens is 1. The molecule has 0 radical (unpaired) electrons. The Hall–Kier alpha value is -1.78. The maximum atomic E-state index is 14.9. The van der Waals surface area contributed by atoms with Crippen LogP contribution in [0.2, 0.25) is 0 Å². The average Bonchev–Trinajstić information content (AvgIpc) is 3.31. The standard InChI is InChI=1S/C21H22ClFN4O2S2/c22-15-8-20(31(28,29)26-21-11-30-12-24-21)16(23)9-18(15)25-17-10-19(27-6-3-7-27)14-5-2-1-4-13(14)17/h1-2,4-5,8,11-12,17-19,25-26H,3,6-7,9-10H2/t17-,18?,19+/m1/s1. The van der Waals surface area contributed by atoms with E-state index in [1.807, 2.05) is 6.07 Å². The fourth-order valence-corrected chi connectivity index (χ4v) is 6.53. The van der Waals surface area contributed by atoms with E-state index in [1.165, 1.54) is 40.5 Å². The number of hydrogen-bond acceptors (Lipinski definition) is 6. The summed E-state index contributed by atoms with van der Waals surface area (Å²) in [6, 6.07) is 8.24. The second kappa shape index (κ2) is 8.29. The number of allylic oxidation sites excluding steroid dienone is 1. The Kier molecular flexibility index (Phi) is 5.64. The Labute approximate surface area is 189 Å². The van der Waals surface area contributed by atoms with Gasteiger partial charge in [0.05, 0.1) is 5.51 Å². The molecule has 6 nitrogen and oxygen atoms in total. The Morgan fingerprint density at radius 2 is 1.97 bits per heavy atom. The fraction of sp³-hybridized carbons (Fsp3) is 0.381. The van der Waals surface area contributed by atoms with E-state index in [9.17, 15) is 12.8 Å². The fourth-order valence-electron chi connectivity index (χ4n) is 4.51. The SMILES string of the molecule is O=S(=O)(Nc1cscn1)C1=C(F)CC(N[C@@H]2C[C@H](N3CCC3)c3ccccc32)C(Cl)=C1. The molecule has 2 heterocycles. The summed E-state index contributed by atoms with van der Waals surface area (Å²) in [5, 5.41) is 5.30. The third-order valence-electron chi connectivity index (χ3n) is 6.14. The van der Waals surface area contributed by atoms with Gasteiger partial charge in [-0.2, -0.15) is 0 Å². The summed E-state index contributed by atoms with van der Waals surface area (Å²) in [5.74, 6) is -0.551. The van der Waals surface area contributed by atoms with Crippen LogP contribution in [0.4, 0.5) is 10.2 Å². The van der Waals surface area contributed by atoms with E-state index in [1.54, 1.807) is 5.38 Å². The van der Waals surface area contributed by atoms with Crippen molar-refractivity contribution < 1.29 is 12.8 Å². The molecule has 1 aliphatic heterocycles. The van der Waals surface area contributed by atoms with Crippen LogP contribution in [-0.4, -0.2) is 37.4 Å². The highest BCUT2D eigenvalue weighted by molar-refractivity contribution is 7.96. The predicted octanol–water partition coefficient (Wildman–Crippen LogP) is 4.44. The van der Waals surface area contributed by atoms with E-state index in [-0.39, 0.29) is 23.3 Å². The minimum absolute atomic E-state index is 0.0352. The highest BCUT2D eigenvalue weighted by Gasteiger charge is 2.38. The van der Waals surface area contributed by atoms with Crippen LogP contribution >= 0.6 is 22.9 Å². The summed E-state index contributed by atoms with van der Waals surface area (Å²) >= 11 is 7.70. The monoisotopic (exact) mass is 480 g/mol. The van der Waals surface area contributed by atoms with Gasteiger partial charge in [0.1, 0.15) is 10.7 Å². The molecule has 1 saturated heterocycles. The van der Waals surface area contributed by atoms with Gasteiger partial charge in [-0.15, -0.1) is 11.3 Å². The quantitative estimate of drug-likeness (QED) is 0.639. The lowest BCUT2D eigenvalue weighted by atomic mass is 10.0. The van der Waals surface area contributed by atoms with Crippen molar-refractivity contribution in [3.05, 3.63) is 68.1 Å². The van der Waals surface area contributed by atoms with Crippen LogP contribution < -0.4 is 10.0 Å². The largest absolute Gasteiger partial charge is 0.302 e. The lowest BCUT2D eigenvalue weighted by molar-refractivity contribution is 0.112. The molecule has 0 amide bonds. The van der Waals surface area contributed by atoms with Gasteiger partial charge in [-0.05, 0) is 43.1 Å². The molecule has 164 valence electrons. The summed E-state index contributed by atoms with van der Waals surface area (Å²) in [5.41, 5.74) is 4.01.